The van der Waals surface area contributed by atoms with Gasteiger partial charge in [0.1, 0.15) is 22.1 Å². The van der Waals surface area contributed by atoms with Gasteiger partial charge in [0.15, 0.2) is 10.9 Å². The van der Waals surface area contributed by atoms with Crippen LogP contribution in [0.3, 0.4) is 0 Å². The Morgan fingerprint density at radius 1 is 0.659 bits per heavy atom. The number of hydrogen-bond acceptors (Lipinski definition) is 4. The lowest BCUT2D eigenvalue weighted by molar-refractivity contribution is -0.738. The number of aromatic nitrogens is 2. The van der Waals surface area contributed by atoms with E-state index in [4.69, 9.17) is 9.84 Å². The number of benzene rings is 5. The van der Waals surface area contributed by atoms with Crippen LogP contribution in [0.25, 0.3) is 38.8 Å². The monoisotopic (exact) mass is 583 g/mol. The minimum Gasteiger partial charge on any atom is -0.456 e. The van der Waals surface area contributed by atoms with Gasteiger partial charge in [0, 0.05) is 22.4 Å². The Bertz CT molecular complexity index is 2410. The highest BCUT2D eigenvalue weighted by Gasteiger charge is 2.67. The first-order valence-corrected chi connectivity index (χ1v) is 15.8. The number of pyridine rings is 1. The SMILES string of the molecule is c1ccc(-c2ccc(C3=NN4c5cccc6c5C5(c7c(ccc8c9ccccc9n(c78)-c7cccc[n+]75)O6)C4S3)cc2)cc1. The van der Waals surface area contributed by atoms with E-state index >= 15 is 0 Å². The summed E-state index contributed by atoms with van der Waals surface area (Å²) in [6.07, 6.45) is 2.25. The molecule has 0 aliphatic carbocycles. The summed E-state index contributed by atoms with van der Waals surface area (Å²) in [5.41, 5.74) is 8.94. The van der Waals surface area contributed by atoms with Gasteiger partial charge in [0.2, 0.25) is 5.54 Å². The topological polar surface area (TPSA) is 33.6 Å². The molecule has 5 nitrogen and oxygen atoms in total. The van der Waals surface area contributed by atoms with E-state index in [1.165, 1.54) is 44.1 Å². The molecule has 0 amide bonds. The quantitative estimate of drug-likeness (QED) is 0.192. The summed E-state index contributed by atoms with van der Waals surface area (Å²) in [6.45, 7) is 0. The largest absolute Gasteiger partial charge is 0.456 e. The first-order chi connectivity index (χ1) is 21.8. The van der Waals surface area contributed by atoms with E-state index < -0.39 is 5.54 Å². The summed E-state index contributed by atoms with van der Waals surface area (Å²) in [5, 5.41) is 11.1. The number of rotatable bonds is 2. The summed E-state index contributed by atoms with van der Waals surface area (Å²) in [7, 11) is 0. The van der Waals surface area contributed by atoms with E-state index in [1.807, 2.05) is 11.8 Å². The van der Waals surface area contributed by atoms with Gasteiger partial charge in [-0.3, -0.25) is 0 Å². The summed E-state index contributed by atoms with van der Waals surface area (Å²) < 4.78 is 11.7. The highest BCUT2D eigenvalue weighted by atomic mass is 32.2. The van der Waals surface area contributed by atoms with Crippen LogP contribution in [0.4, 0.5) is 5.69 Å². The molecule has 0 fully saturated rings. The van der Waals surface area contributed by atoms with Crippen LogP contribution < -0.4 is 14.3 Å². The molecule has 7 aromatic rings. The molecule has 2 atom stereocenters. The predicted molar refractivity (Wildman–Crippen MR) is 176 cm³/mol. The Morgan fingerprint density at radius 3 is 2.34 bits per heavy atom. The Hall–Kier alpha value is -5.33. The molecule has 4 aliphatic rings. The van der Waals surface area contributed by atoms with Crippen molar-refractivity contribution in [3.8, 4) is 28.4 Å². The molecule has 0 saturated heterocycles. The minimum atomic E-state index is -0.542. The van der Waals surface area contributed by atoms with Crippen molar-refractivity contribution in [2.75, 3.05) is 5.01 Å². The Balaban J connectivity index is 1.18. The van der Waals surface area contributed by atoms with E-state index in [2.05, 4.69) is 148 Å². The summed E-state index contributed by atoms with van der Waals surface area (Å²) in [4.78, 5) is 0. The number of fused-ring (bicyclic) bond motifs is 7. The van der Waals surface area contributed by atoms with Crippen LogP contribution in [-0.2, 0) is 5.54 Å². The molecule has 0 saturated carbocycles. The van der Waals surface area contributed by atoms with Crippen molar-refractivity contribution in [2.24, 2.45) is 5.10 Å². The molecule has 6 heterocycles. The van der Waals surface area contributed by atoms with Crippen molar-refractivity contribution < 1.29 is 9.30 Å². The van der Waals surface area contributed by atoms with Crippen LogP contribution in [0.15, 0.2) is 139 Å². The van der Waals surface area contributed by atoms with E-state index in [0.29, 0.717) is 0 Å². The van der Waals surface area contributed by atoms with Gasteiger partial charge in [0.05, 0.1) is 23.0 Å². The number of hydrazone groups is 1. The Morgan fingerprint density at radius 2 is 1.43 bits per heavy atom. The number of anilines is 1. The third-order valence-corrected chi connectivity index (χ3v) is 11.0. The Labute approximate surface area is 257 Å². The third-order valence-electron chi connectivity index (χ3n) is 9.72. The van der Waals surface area contributed by atoms with Crippen molar-refractivity contribution in [3.05, 3.63) is 150 Å². The maximum Gasteiger partial charge on any atom is 0.288 e. The maximum absolute atomic E-state index is 6.76. The second-order valence-corrected chi connectivity index (χ2v) is 12.9. The standard InChI is InChI=1S/C38H23N4OS/c1-2-9-23(10-3-1)24-16-18-25(19-17-24)36-39-42-29-13-8-14-30-33(29)38(37(42)44-36)34-31(43-30)21-20-27-26-11-4-5-12-28(26)41(35(27)34)32-15-6-7-22-40(32)38/h1-22,37H/q+1. The number of nitrogens with zero attached hydrogens (tertiary/aromatic N) is 4. The number of hydrogen-bond donors (Lipinski definition) is 0. The third kappa shape index (κ3) is 2.61. The first-order valence-electron chi connectivity index (χ1n) is 14.9. The van der Waals surface area contributed by atoms with Crippen LogP contribution in [-0.4, -0.2) is 15.0 Å². The number of ether oxygens (including phenoxy) is 1. The minimum absolute atomic E-state index is 0.0337. The van der Waals surface area contributed by atoms with E-state index in [0.717, 1.165) is 33.6 Å². The molecule has 0 N–H and O–H groups in total. The molecule has 0 radical (unpaired) electrons. The zero-order valence-corrected chi connectivity index (χ0v) is 24.2. The fourth-order valence-corrected chi connectivity index (χ4v) is 9.41. The normalized spacial score (nSPS) is 19.9. The average Bonchev–Trinajstić information content (AvgIpc) is 3.75. The van der Waals surface area contributed by atoms with Gasteiger partial charge in [-0.15, -0.1) is 0 Å². The van der Waals surface area contributed by atoms with Crippen molar-refractivity contribution in [2.45, 2.75) is 10.9 Å². The lowest BCUT2D eigenvalue weighted by Gasteiger charge is -2.40. The van der Waals surface area contributed by atoms with Crippen molar-refractivity contribution in [1.29, 1.82) is 0 Å². The van der Waals surface area contributed by atoms with E-state index in [9.17, 15) is 0 Å². The molecule has 206 valence electrons. The molecule has 4 aliphatic heterocycles. The molecule has 11 rings (SSSR count). The zero-order valence-electron chi connectivity index (χ0n) is 23.4. The molecule has 2 aromatic heterocycles. The molecule has 44 heavy (non-hydrogen) atoms. The summed E-state index contributed by atoms with van der Waals surface area (Å²) in [5.74, 6) is 2.96. The van der Waals surface area contributed by atoms with Gasteiger partial charge in [-0.2, -0.15) is 9.67 Å². The van der Waals surface area contributed by atoms with Gasteiger partial charge < -0.3 is 4.74 Å². The summed E-state index contributed by atoms with van der Waals surface area (Å²) >= 11 is 1.85. The second kappa shape index (κ2) is 7.98. The zero-order chi connectivity index (χ0) is 28.6. The molecular weight excluding hydrogens is 561 g/mol. The van der Waals surface area contributed by atoms with Crippen LogP contribution in [0.5, 0.6) is 11.5 Å². The fraction of sp³-hybridized carbons (Fsp3) is 0.0526. The van der Waals surface area contributed by atoms with Crippen molar-refractivity contribution in [1.82, 2.24) is 4.57 Å². The molecule has 0 bridgehead atoms. The van der Waals surface area contributed by atoms with Gasteiger partial charge in [-0.25, -0.2) is 9.58 Å². The fourth-order valence-electron chi connectivity index (χ4n) is 8.01. The van der Waals surface area contributed by atoms with Gasteiger partial charge in [-0.1, -0.05) is 90.6 Å². The first kappa shape index (κ1) is 23.2. The van der Waals surface area contributed by atoms with Crippen LogP contribution >= 0.6 is 11.8 Å². The lowest BCUT2D eigenvalue weighted by atomic mass is 9.78. The Kier molecular flexibility index (Phi) is 4.20. The summed E-state index contributed by atoms with van der Waals surface area (Å²) in [6, 6.07) is 45.5. The smallest absolute Gasteiger partial charge is 0.288 e. The van der Waals surface area contributed by atoms with E-state index in [-0.39, 0.29) is 5.37 Å². The molecule has 2 unspecified atom stereocenters. The van der Waals surface area contributed by atoms with Crippen molar-refractivity contribution in [3.63, 3.8) is 0 Å². The number of thioether (sulfide) groups is 1. The molecule has 6 heteroatoms. The predicted octanol–water partition coefficient (Wildman–Crippen LogP) is 8.20. The number of para-hydroxylation sites is 1. The molecule has 1 spiro atoms. The second-order valence-electron chi connectivity index (χ2n) is 11.8. The molecule has 5 aromatic carbocycles. The highest BCUT2D eigenvalue weighted by molar-refractivity contribution is 8.15. The lowest BCUT2D eigenvalue weighted by Crippen LogP contribution is -2.66. The van der Waals surface area contributed by atoms with Crippen LogP contribution in [0.1, 0.15) is 16.7 Å². The van der Waals surface area contributed by atoms with E-state index in [1.54, 1.807) is 0 Å². The van der Waals surface area contributed by atoms with Gasteiger partial charge >= 0.3 is 0 Å². The van der Waals surface area contributed by atoms with Crippen LogP contribution in [0, 0.1) is 0 Å². The van der Waals surface area contributed by atoms with Gasteiger partial charge in [0.25, 0.3) is 5.82 Å². The molecular formula is C38H23N4OS+. The highest BCUT2D eigenvalue weighted by Crippen LogP contribution is 2.64. The van der Waals surface area contributed by atoms with Gasteiger partial charge in [-0.05, 0) is 53.6 Å². The maximum atomic E-state index is 6.76. The van der Waals surface area contributed by atoms with Crippen LogP contribution in [0.2, 0.25) is 0 Å². The van der Waals surface area contributed by atoms with Crippen molar-refractivity contribution >= 4 is 44.3 Å². The average molecular weight is 584 g/mol.